The fraction of sp³-hybridized carbons (Fsp3) is 0.176. The largest absolute Gasteiger partial charge is 0.507 e. The SMILES string of the molecule is [N-]=[N+]=NS(=O)(=O)CCNC(=O)c1cc(N=Nc2ccc(CC(=O)O)cc2)ccc1O. The highest BCUT2D eigenvalue weighted by Crippen LogP contribution is 2.25. The Labute approximate surface area is 170 Å². The van der Waals surface area contributed by atoms with E-state index < -0.39 is 27.7 Å². The first-order valence-electron chi connectivity index (χ1n) is 8.33. The predicted molar refractivity (Wildman–Crippen MR) is 105 cm³/mol. The maximum atomic E-state index is 12.2. The molecular weight excluding hydrogens is 416 g/mol. The number of carboxylic acid groups (broad SMARTS) is 1. The van der Waals surface area contributed by atoms with Gasteiger partial charge in [0.15, 0.2) is 0 Å². The van der Waals surface area contributed by atoms with Gasteiger partial charge < -0.3 is 15.5 Å². The van der Waals surface area contributed by atoms with Crippen molar-refractivity contribution in [3.8, 4) is 5.75 Å². The number of hydrogen-bond donors (Lipinski definition) is 3. The lowest BCUT2D eigenvalue weighted by Gasteiger charge is -2.06. The molecule has 0 atom stereocenters. The number of nitrogens with zero attached hydrogens (tertiary/aromatic N) is 5. The molecule has 0 aliphatic rings. The molecule has 2 aromatic carbocycles. The average molecular weight is 432 g/mol. The molecule has 13 heteroatoms. The van der Waals surface area contributed by atoms with Crippen molar-refractivity contribution in [2.24, 2.45) is 14.7 Å². The average Bonchev–Trinajstić information content (AvgIpc) is 2.67. The van der Waals surface area contributed by atoms with Crippen molar-refractivity contribution < 1.29 is 28.2 Å². The highest BCUT2D eigenvalue weighted by Gasteiger charge is 2.14. The molecule has 0 aliphatic carbocycles. The molecule has 1 amide bonds. The molecule has 2 aromatic rings. The molecule has 30 heavy (non-hydrogen) atoms. The standard InChI is InChI=1S/C17H16N6O6S/c18-22-23-30(28,29)8-7-19-17(27)14-10-13(5-6-15(14)24)21-20-12-3-1-11(2-4-12)9-16(25)26/h1-6,10,24H,7-9H2,(H,19,27)(H,25,26). The summed E-state index contributed by atoms with van der Waals surface area (Å²) >= 11 is 0. The van der Waals surface area contributed by atoms with E-state index in [0.29, 0.717) is 11.3 Å². The Kier molecular flexibility index (Phi) is 7.44. The third kappa shape index (κ3) is 6.89. The number of rotatable bonds is 9. The van der Waals surface area contributed by atoms with E-state index in [9.17, 15) is 23.1 Å². The summed E-state index contributed by atoms with van der Waals surface area (Å²) in [6.45, 7) is -0.325. The van der Waals surface area contributed by atoms with Crippen LogP contribution in [0.2, 0.25) is 0 Å². The Morgan fingerprint density at radius 3 is 2.33 bits per heavy atom. The number of nitrogens with one attached hydrogen (secondary N) is 1. The molecule has 0 fully saturated rings. The number of carbonyl (C=O) groups excluding carboxylic acids is 1. The Hall–Kier alpha value is -3.96. The summed E-state index contributed by atoms with van der Waals surface area (Å²) in [5, 5.41) is 28.9. The van der Waals surface area contributed by atoms with Crippen LogP contribution in [0.3, 0.4) is 0 Å². The minimum Gasteiger partial charge on any atom is -0.507 e. The fourth-order valence-corrected chi connectivity index (χ4v) is 2.78. The van der Waals surface area contributed by atoms with Crippen molar-refractivity contribution in [1.29, 1.82) is 0 Å². The number of amides is 1. The predicted octanol–water partition coefficient (Wildman–Crippen LogP) is 2.80. The van der Waals surface area contributed by atoms with Crippen molar-refractivity contribution in [3.63, 3.8) is 0 Å². The van der Waals surface area contributed by atoms with E-state index in [4.69, 9.17) is 10.6 Å². The Bertz CT molecular complexity index is 1120. The zero-order chi connectivity index (χ0) is 22.1. The van der Waals surface area contributed by atoms with E-state index in [1.807, 2.05) is 0 Å². The maximum absolute atomic E-state index is 12.2. The molecule has 0 saturated carbocycles. The maximum Gasteiger partial charge on any atom is 0.307 e. The van der Waals surface area contributed by atoms with E-state index in [1.54, 1.807) is 24.3 Å². The van der Waals surface area contributed by atoms with Gasteiger partial charge >= 0.3 is 5.97 Å². The molecule has 12 nitrogen and oxygen atoms in total. The third-order valence-electron chi connectivity index (χ3n) is 3.60. The molecule has 0 heterocycles. The van der Waals surface area contributed by atoms with Crippen LogP contribution in [-0.2, 0) is 21.2 Å². The zero-order valence-corrected chi connectivity index (χ0v) is 16.2. The number of aromatic hydroxyl groups is 1. The van der Waals surface area contributed by atoms with E-state index in [-0.39, 0.29) is 30.0 Å². The molecule has 0 radical (unpaired) electrons. The second-order valence-electron chi connectivity index (χ2n) is 5.85. The molecule has 2 rings (SSSR count). The minimum atomic E-state index is -4.01. The number of phenols is 1. The van der Waals surface area contributed by atoms with Crippen LogP contribution in [0.15, 0.2) is 57.2 Å². The molecule has 0 aromatic heterocycles. The van der Waals surface area contributed by atoms with Crippen LogP contribution >= 0.6 is 0 Å². The number of carboxylic acids is 1. The molecule has 156 valence electrons. The van der Waals surface area contributed by atoms with Gasteiger partial charge in [0.05, 0.1) is 29.1 Å². The summed E-state index contributed by atoms with van der Waals surface area (Å²) < 4.78 is 25.2. The Balaban J connectivity index is 2.07. The van der Waals surface area contributed by atoms with E-state index in [2.05, 4.69) is 25.0 Å². The monoisotopic (exact) mass is 432 g/mol. The number of sulfonamides is 1. The highest BCUT2D eigenvalue weighted by atomic mass is 32.2. The number of benzene rings is 2. The van der Waals surface area contributed by atoms with Gasteiger partial charge in [-0.05, 0) is 41.4 Å². The molecule has 0 bridgehead atoms. The van der Waals surface area contributed by atoms with E-state index in [1.165, 1.54) is 18.2 Å². The topological polar surface area (TPSA) is 194 Å². The van der Waals surface area contributed by atoms with Gasteiger partial charge in [0.2, 0.25) is 10.0 Å². The van der Waals surface area contributed by atoms with Crippen LogP contribution in [0.5, 0.6) is 5.75 Å². The van der Waals surface area contributed by atoms with Crippen molar-refractivity contribution in [3.05, 3.63) is 64.0 Å². The van der Waals surface area contributed by atoms with Gasteiger partial charge in [0.25, 0.3) is 5.91 Å². The second kappa shape index (κ2) is 10.0. The molecule has 0 spiro atoms. The number of phenolic OH excluding ortho intramolecular Hbond substituents is 1. The third-order valence-corrected chi connectivity index (χ3v) is 4.65. The fourth-order valence-electron chi connectivity index (χ4n) is 2.22. The number of aliphatic carboxylic acids is 1. The summed E-state index contributed by atoms with van der Waals surface area (Å²) in [5.41, 5.74) is 9.30. The Morgan fingerprint density at radius 2 is 1.70 bits per heavy atom. The molecular formula is C17H16N6O6S. The van der Waals surface area contributed by atoms with Crippen molar-refractivity contribution in [2.75, 3.05) is 12.3 Å². The van der Waals surface area contributed by atoms with Gasteiger partial charge in [-0.1, -0.05) is 12.1 Å². The van der Waals surface area contributed by atoms with Gasteiger partial charge in [-0.25, -0.2) is 8.42 Å². The smallest absolute Gasteiger partial charge is 0.307 e. The van der Waals surface area contributed by atoms with Gasteiger partial charge in [0, 0.05) is 16.0 Å². The van der Waals surface area contributed by atoms with Crippen molar-refractivity contribution in [1.82, 2.24) is 5.32 Å². The molecule has 0 saturated heterocycles. The molecule has 0 aliphatic heterocycles. The van der Waals surface area contributed by atoms with Gasteiger partial charge in [0.1, 0.15) is 5.75 Å². The first-order chi connectivity index (χ1) is 14.2. The number of azide groups is 1. The van der Waals surface area contributed by atoms with Crippen LogP contribution in [0.4, 0.5) is 11.4 Å². The first kappa shape index (κ1) is 22.3. The van der Waals surface area contributed by atoms with Crippen molar-refractivity contribution >= 4 is 33.3 Å². The molecule has 0 unspecified atom stereocenters. The Morgan fingerprint density at radius 1 is 1.07 bits per heavy atom. The van der Waals surface area contributed by atoms with E-state index in [0.717, 1.165) is 0 Å². The first-order valence-corrected chi connectivity index (χ1v) is 9.94. The van der Waals surface area contributed by atoms with Gasteiger partial charge in [-0.2, -0.15) is 10.2 Å². The van der Waals surface area contributed by atoms with Crippen LogP contribution in [0, 0.1) is 0 Å². The lowest BCUT2D eigenvalue weighted by atomic mass is 10.1. The summed E-state index contributed by atoms with van der Waals surface area (Å²) in [5.74, 6) is -2.64. The number of azo groups is 1. The summed E-state index contributed by atoms with van der Waals surface area (Å²) in [6.07, 6.45) is -0.113. The van der Waals surface area contributed by atoms with Crippen LogP contribution in [0.25, 0.3) is 10.4 Å². The number of hydrogen-bond acceptors (Lipinski definition) is 7. The summed E-state index contributed by atoms with van der Waals surface area (Å²) in [6, 6.07) is 10.3. The van der Waals surface area contributed by atoms with Crippen LogP contribution < -0.4 is 5.32 Å². The van der Waals surface area contributed by atoms with E-state index >= 15 is 0 Å². The zero-order valence-electron chi connectivity index (χ0n) is 15.3. The van der Waals surface area contributed by atoms with Crippen LogP contribution in [-0.4, -0.2) is 42.8 Å². The van der Waals surface area contributed by atoms with Crippen molar-refractivity contribution in [2.45, 2.75) is 6.42 Å². The normalized spacial score (nSPS) is 11.1. The minimum absolute atomic E-state index is 0.113. The summed E-state index contributed by atoms with van der Waals surface area (Å²) in [7, 11) is -4.01. The highest BCUT2D eigenvalue weighted by molar-refractivity contribution is 7.90. The number of carbonyl (C=O) groups is 2. The lowest BCUT2D eigenvalue weighted by Crippen LogP contribution is -2.28. The van der Waals surface area contributed by atoms with Crippen LogP contribution in [0.1, 0.15) is 15.9 Å². The second-order valence-corrected chi connectivity index (χ2v) is 7.59. The summed E-state index contributed by atoms with van der Waals surface area (Å²) in [4.78, 5) is 25.0. The molecule has 3 N–H and O–H groups in total. The van der Waals surface area contributed by atoms with Gasteiger partial charge in [-0.15, -0.1) is 0 Å². The van der Waals surface area contributed by atoms with Gasteiger partial charge in [-0.3, -0.25) is 9.59 Å². The lowest BCUT2D eigenvalue weighted by molar-refractivity contribution is -0.136. The quantitative estimate of drug-likeness (QED) is 0.309.